The van der Waals surface area contributed by atoms with E-state index >= 15 is 0 Å². The first-order valence-electron chi connectivity index (χ1n) is 7.27. The molecular weight excluding hydrogens is 294 g/mol. The molecule has 1 heterocycles. The van der Waals surface area contributed by atoms with Gasteiger partial charge in [0.2, 0.25) is 0 Å². The lowest BCUT2D eigenvalue weighted by Gasteiger charge is -2.26. The molecule has 1 atom stereocenters. The van der Waals surface area contributed by atoms with Crippen LogP contribution in [0.1, 0.15) is 11.1 Å². The van der Waals surface area contributed by atoms with Gasteiger partial charge in [-0.05, 0) is 23.3 Å². The van der Waals surface area contributed by atoms with Crippen LogP contribution >= 0.6 is 0 Å². The molecule has 3 rings (SSSR count). The van der Waals surface area contributed by atoms with Crippen molar-refractivity contribution in [3.63, 3.8) is 0 Å². The van der Waals surface area contributed by atoms with Crippen LogP contribution in [0.2, 0.25) is 0 Å². The molecule has 0 amide bonds. The molecule has 0 aromatic heterocycles. The van der Waals surface area contributed by atoms with Crippen LogP contribution in [0.4, 0.5) is 4.39 Å². The fourth-order valence-electron chi connectivity index (χ4n) is 2.67. The standard InChI is InChI=1S/C17H16BFN2O2/c18-14-3-1-2-13(10-14)17(11-23-16(20)21-17)12-4-6-15(7-5-12)22-9-8-19/h1-7,10H,8-9,11H2,(H2,20,21). The first-order valence-corrected chi connectivity index (χ1v) is 7.27. The van der Waals surface area contributed by atoms with Crippen LogP contribution in [0, 0.1) is 0 Å². The summed E-state index contributed by atoms with van der Waals surface area (Å²) in [4.78, 5) is 4.51. The molecule has 0 spiro atoms. The Bertz CT molecular complexity index is 721. The van der Waals surface area contributed by atoms with Crippen LogP contribution < -0.4 is 15.9 Å². The molecule has 1 unspecified atom stereocenters. The molecule has 2 N–H and O–H groups in total. The van der Waals surface area contributed by atoms with Gasteiger partial charge in [-0.25, -0.2) is 9.38 Å². The summed E-state index contributed by atoms with van der Waals surface area (Å²) in [5.74, 6) is 0.602. The van der Waals surface area contributed by atoms with Crippen molar-refractivity contribution in [3.05, 3.63) is 59.7 Å². The molecule has 0 fully saturated rings. The molecule has 0 saturated carbocycles. The molecule has 1 aliphatic rings. The highest BCUT2D eigenvalue weighted by atomic mass is 19.1. The second-order valence-electron chi connectivity index (χ2n) is 5.29. The molecule has 2 radical (unpaired) electrons. The van der Waals surface area contributed by atoms with Gasteiger partial charge in [0.05, 0.1) is 0 Å². The Balaban J connectivity index is 2.00. The van der Waals surface area contributed by atoms with Crippen LogP contribution in [0.5, 0.6) is 5.75 Å². The van der Waals surface area contributed by atoms with Gasteiger partial charge < -0.3 is 15.2 Å². The van der Waals surface area contributed by atoms with Gasteiger partial charge in [0.15, 0.2) is 0 Å². The van der Waals surface area contributed by atoms with Crippen molar-refractivity contribution in [2.75, 3.05) is 19.9 Å². The summed E-state index contributed by atoms with van der Waals surface area (Å²) in [6, 6.07) is 14.9. The van der Waals surface area contributed by atoms with Gasteiger partial charge in [-0.15, -0.1) is 0 Å². The second-order valence-corrected chi connectivity index (χ2v) is 5.29. The van der Waals surface area contributed by atoms with Gasteiger partial charge in [0.25, 0.3) is 6.02 Å². The van der Waals surface area contributed by atoms with E-state index in [0.717, 1.165) is 11.1 Å². The number of amidine groups is 1. The number of rotatable bonds is 5. The lowest BCUT2D eigenvalue weighted by Crippen LogP contribution is -2.28. The summed E-state index contributed by atoms with van der Waals surface area (Å²) in [6.45, 7) is -0.190. The van der Waals surface area contributed by atoms with Gasteiger partial charge in [-0.1, -0.05) is 41.9 Å². The summed E-state index contributed by atoms with van der Waals surface area (Å²) in [5.41, 5.74) is 7.45. The average molecular weight is 310 g/mol. The molecule has 116 valence electrons. The summed E-state index contributed by atoms with van der Waals surface area (Å²) in [6.07, 6.45) is 0. The summed E-state index contributed by atoms with van der Waals surface area (Å²) in [5, 5.41) is 0. The number of aliphatic imine (C=N–C) groups is 1. The molecule has 2 aromatic carbocycles. The molecular formula is C17H16BFN2O2. The lowest BCUT2D eigenvalue weighted by molar-refractivity contribution is 0.271. The highest BCUT2D eigenvalue weighted by Crippen LogP contribution is 2.37. The predicted molar refractivity (Wildman–Crippen MR) is 88.1 cm³/mol. The van der Waals surface area contributed by atoms with E-state index in [2.05, 4.69) is 4.99 Å². The zero-order valence-electron chi connectivity index (χ0n) is 12.5. The Kier molecular flexibility index (Phi) is 4.23. The van der Waals surface area contributed by atoms with Crippen molar-refractivity contribution < 1.29 is 13.9 Å². The fourth-order valence-corrected chi connectivity index (χ4v) is 2.67. The summed E-state index contributed by atoms with van der Waals surface area (Å²) in [7, 11) is 5.90. The topological polar surface area (TPSA) is 56.8 Å². The Morgan fingerprint density at radius 2 is 2.00 bits per heavy atom. The maximum atomic E-state index is 12.2. The number of benzene rings is 2. The third-order valence-electron chi connectivity index (χ3n) is 3.77. The predicted octanol–water partition coefficient (Wildman–Crippen LogP) is 1.42. The van der Waals surface area contributed by atoms with Crippen molar-refractivity contribution in [2.24, 2.45) is 10.7 Å². The van der Waals surface area contributed by atoms with Crippen LogP contribution in [0.15, 0.2) is 53.5 Å². The van der Waals surface area contributed by atoms with Crippen LogP contribution in [0.25, 0.3) is 0 Å². The normalized spacial score (nSPS) is 20.0. The van der Waals surface area contributed by atoms with E-state index in [0.29, 0.717) is 17.8 Å². The van der Waals surface area contributed by atoms with E-state index < -0.39 is 12.2 Å². The average Bonchev–Trinajstić information content (AvgIpc) is 2.97. The van der Waals surface area contributed by atoms with Crippen LogP contribution in [-0.2, 0) is 10.3 Å². The quantitative estimate of drug-likeness (QED) is 0.850. The summed E-state index contributed by atoms with van der Waals surface area (Å²) < 4.78 is 22.9. The minimum absolute atomic E-state index is 0.0356. The van der Waals surface area contributed by atoms with Gasteiger partial charge >= 0.3 is 0 Å². The minimum atomic E-state index is -0.738. The van der Waals surface area contributed by atoms with Crippen molar-refractivity contribution in [1.29, 1.82) is 0 Å². The Morgan fingerprint density at radius 1 is 1.22 bits per heavy atom. The number of nitrogens with two attached hydrogens (primary N) is 1. The SMILES string of the molecule is [B]c1cccc(C2(c3ccc(OCCF)cc3)COC(N)=N2)c1. The third-order valence-corrected chi connectivity index (χ3v) is 3.77. The maximum absolute atomic E-state index is 12.2. The Hall–Kier alpha value is -2.50. The Labute approximate surface area is 135 Å². The van der Waals surface area contributed by atoms with Gasteiger partial charge in [0.1, 0.15) is 39.0 Å². The third kappa shape index (κ3) is 3.02. The van der Waals surface area contributed by atoms with Crippen molar-refractivity contribution in [1.82, 2.24) is 0 Å². The zero-order valence-corrected chi connectivity index (χ0v) is 12.5. The van der Waals surface area contributed by atoms with Crippen molar-refractivity contribution in [2.45, 2.75) is 5.54 Å². The molecule has 2 aromatic rings. The highest BCUT2D eigenvalue weighted by Gasteiger charge is 2.39. The van der Waals surface area contributed by atoms with Gasteiger partial charge in [0, 0.05) is 0 Å². The number of halogens is 1. The lowest BCUT2D eigenvalue weighted by atomic mass is 9.81. The fraction of sp³-hybridized carbons (Fsp3) is 0.235. The van der Waals surface area contributed by atoms with E-state index in [1.807, 2.05) is 36.4 Å². The van der Waals surface area contributed by atoms with Gasteiger partial charge in [-0.2, -0.15) is 0 Å². The van der Waals surface area contributed by atoms with Crippen molar-refractivity contribution >= 4 is 19.3 Å². The molecule has 4 nitrogen and oxygen atoms in total. The first-order chi connectivity index (χ1) is 11.1. The number of alkyl halides is 1. The van der Waals surface area contributed by atoms with E-state index in [1.54, 1.807) is 12.1 Å². The molecule has 6 heteroatoms. The largest absolute Gasteiger partial charge is 0.491 e. The molecule has 0 bridgehead atoms. The van der Waals surface area contributed by atoms with Gasteiger partial charge in [-0.3, -0.25) is 0 Å². The molecule has 1 aliphatic heterocycles. The number of hydrogen-bond donors (Lipinski definition) is 1. The van der Waals surface area contributed by atoms with E-state index in [9.17, 15) is 4.39 Å². The maximum Gasteiger partial charge on any atom is 0.283 e. The van der Waals surface area contributed by atoms with Crippen LogP contribution in [-0.4, -0.2) is 33.8 Å². The smallest absolute Gasteiger partial charge is 0.283 e. The minimum Gasteiger partial charge on any atom is -0.491 e. The van der Waals surface area contributed by atoms with Crippen LogP contribution in [0.3, 0.4) is 0 Å². The molecule has 23 heavy (non-hydrogen) atoms. The van der Waals surface area contributed by atoms with E-state index in [-0.39, 0.29) is 12.6 Å². The number of hydrogen-bond acceptors (Lipinski definition) is 4. The molecule has 0 saturated heterocycles. The van der Waals surface area contributed by atoms with Crippen molar-refractivity contribution in [3.8, 4) is 5.75 Å². The Morgan fingerprint density at radius 3 is 2.61 bits per heavy atom. The monoisotopic (exact) mass is 310 g/mol. The molecule has 0 aliphatic carbocycles. The first kappa shape index (κ1) is 15.4. The summed E-state index contributed by atoms with van der Waals surface area (Å²) >= 11 is 0. The zero-order chi connectivity index (χ0) is 16.3. The van der Waals surface area contributed by atoms with E-state index in [1.165, 1.54) is 0 Å². The number of ether oxygens (including phenoxy) is 2. The highest BCUT2D eigenvalue weighted by molar-refractivity contribution is 6.32. The number of nitrogens with zero attached hydrogens (tertiary/aromatic N) is 1. The second kappa shape index (κ2) is 6.32. The van der Waals surface area contributed by atoms with E-state index in [4.69, 9.17) is 23.1 Å².